The van der Waals surface area contributed by atoms with Gasteiger partial charge in [-0.25, -0.2) is 14.2 Å². The predicted molar refractivity (Wildman–Crippen MR) is 136 cm³/mol. The molecule has 3 aromatic heterocycles. The van der Waals surface area contributed by atoms with Crippen LogP contribution in [-0.2, 0) is 7.05 Å². The van der Waals surface area contributed by atoms with Gasteiger partial charge in [0, 0.05) is 38.3 Å². The third-order valence-electron chi connectivity index (χ3n) is 7.26. The first-order valence-corrected chi connectivity index (χ1v) is 12.4. The average Bonchev–Trinajstić information content (AvgIpc) is 3.46. The van der Waals surface area contributed by atoms with Crippen molar-refractivity contribution in [3.05, 3.63) is 82.0 Å². The minimum Gasteiger partial charge on any atom is -0.364 e. The van der Waals surface area contributed by atoms with E-state index in [1.807, 2.05) is 6.07 Å². The molecule has 1 aliphatic heterocycles. The molecule has 0 amide bonds. The lowest BCUT2D eigenvalue weighted by atomic mass is 9.94. The van der Waals surface area contributed by atoms with Crippen molar-refractivity contribution in [1.29, 1.82) is 5.26 Å². The molecule has 5 rings (SSSR count). The molecule has 4 aromatic rings. The lowest BCUT2D eigenvalue weighted by Gasteiger charge is -2.49. The Hall–Kier alpha value is -4.10. The average molecular weight is 502 g/mol. The van der Waals surface area contributed by atoms with E-state index in [2.05, 4.69) is 44.8 Å². The molecule has 1 aromatic carbocycles. The Labute approximate surface area is 213 Å². The first kappa shape index (κ1) is 24.6. The Kier molecular flexibility index (Phi) is 6.72. The van der Waals surface area contributed by atoms with Crippen LogP contribution in [0.1, 0.15) is 49.7 Å². The summed E-state index contributed by atoms with van der Waals surface area (Å²) < 4.78 is 20.4. The molecule has 10 heteroatoms. The number of nitrogens with zero attached hydrogens (tertiary/aromatic N) is 7. The van der Waals surface area contributed by atoms with Gasteiger partial charge in [-0.15, -0.1) is 0 Å². The summed E-state index contributed by atoms with van der Waals surface area (Å²) in [5, 5.41) is 13.7. The van der Waals surface area contributed by atoms with E-state index in [1.54, 1.807) is 37.6 Å². The van der Waals surface area contributed by atoms with E-state index in [4.69, 9.17) is 4.52 Å². The monoisotopic (exact) mass is 501 g/mol. The molecule has 190 valence electrons. The predicted octanol–water partition coefficient (Wildman–Crippen LogP) is 3.80. The number of rotatable bonds is 6. The van der Waals surface area contributed by atoms with Crippen molar-refractivity contribution in [2.75, 3.05) is 18.0 Å². The number of fused-ring (bicyclic) bond motifs is 1. The summed E-state index contributed by atoms with van der Waals surface area (Å²) in [7, 11) is 1.66. The Bertz CT molecular complexity index is 1490. The minimum absolute atomic E-state index is 0.00740. The molecule has 1 saturated heterocycles. The molecule has 0 N–H and O–H groups in total. The Morgan fingerprint density at radius 3 is 2.49 bits per heavy atom. The van der Waals surface area contributed by atoms with Crippen LogP contribution in [0.3, 0.4) is 0 Å². The number of hydrogen-bond donors (Lipinski definition) is 0. The van der Waals surface area contributed by atoms with Gasteiger partial charge in [0.2, 0.25) is 0 Å². The van der Waals surface area contributed by atoms with Gasteiger partial charge in [0.1, 0.15) is 35.1 Å². The van der Waals surface area contributed by atoms with Crippen LogP contribution in [0.5, 0.6) is 0 Å². The number of anilines is 1. The maximum Gasteiger partial charge on any atom is 0.349 e. The molecular weight excluding hydrogens is 473 g/mol. The van der Waals surface area contributed by atoms with Crippen molar-refractivity contribution in [3.63, 3.8) is 0 Å². The molecule has 0 spiro atoms. The third kappa shape index (κ3) is 4.47. The van der Waals surface area contributed by atoms with E-state index in [0.29, 0.717) is 29.9 Å². The number of nitriles is 1. The summed E-state index contributed by atoms with van der Waals surface area (Å²) in [6, 6.07) is 13.6. The molecule has 1 fully saturated rings. The molecule has 0 radical (unpaired) electrons. The molecule has 0 bridgehead atoms. The second kappa shape index (κ2) is 10.1. The molecule has 3 atom stereocenters. The van der Waals surface area contributed by atoms with Gasteiger partial charge in [-0.2, -0.15) is 10.2 Å². The largest absolute Gasteiger partial charge is 0.364 e. The van der Waals surface area contributed by atoms with Crippen LogP contribution < -0.4 is 10.6 Å². The number of piperazine rings is 1. The Balaban J connectivity index is 1.60. The summed E-state index contributed by atoms with van der Waals surface area (Å²) >= 11 is 0. The highest BCUT2D eigenvalue weighted by Gasteiger charge is 2.39. The third-order valence-corrected chi connectivity index (χ3v) is 7.26. The lowest BCUT2D eigenvalue weighted by Crippen LogP contribution is -2.59. The lowest BCUT2D eigenvalue weighted by molar-refractivity contribution is 0.107. The molecule has 9 nitrogen and oxygen atoms in total. The number of aryl methyl sites for hydroxylation is 1. The first-order valence-electron chi connectivity index (χ1n) is 12.4. The molecule has 1 unspecified atom stereocenters. The summed E-state index contributed by atoms with van der Waals surface area (Å²) in [6.45, 7) is 5.47. The molecule has 4 heterocycles. The summed E-state index contributed by atoms with van der Waals surface area (Å²) in [5.41, 5.74) is 2.75. The fourth-order valence-corrected chi connectivity index (χ4v) is 5.27. The van der Waals surface area contributed by atoms with E-state index in [-0.39, 0.29) is 35.3 Å². The van der Waals surface area contributed by atoms with E-state index in [9.17, 15) is 14.4 Å². The van der Waals surface area contributed by atoms with Crippen LogP contribution in [0.25, 0.3) is 11.0 Å². The van der Waals surface area contributed by atoms with Crippen molar-refractivity contribution in [2.24, 2.45) is 7.05 Å². The van der Waals surface area contributed by atoms with Gasteiger partial charge in [0.15, 0.2) is 5.82 Å². The van der Waals surface area contributed by atoms with Crippen LogP contribution in [0.2, 0.25) is 0 Å². The van der Waals surface area contributed by atoms with Gasteiger partial charge in [0.25, 0.3) is 0 Å². The second-order valence-corrected chi connectivity index (χ2v) is 9.30. The highest BCUT2D eigenvalue weighted by molar-refractivity contribution is 5.86. The van der Waals surface area contributed by atoms with Crippen LogP contribution in [0, 0.1) is 17.1 Å². The number of benzene rings is 1. The van der Waals surface area contributed by atoms with Gasteiger partial charge in [-0.1, -0.05) is 31.1 Å². The van der Waals surface area contributed by atoms with Crippen molar-refractivity contribution >= 4 is 16.9 Å². The fraction of sp³-hybridized carbons (Fsp3) is 0.370. The standard InChI is InChI=1S/C27H28FN7O2/c1-4-20-16-35(26-24-23(33(3)27(36)31-26)11-10-19(14-29)30-24)21(5-2)15-34(20)25(22-12-13-37-32-22)17-6-8-18(28)9-7-17/h6-13,20-21,25H,4-5,15-16H2,1-3H3/t20-,21+,25?/m1/s1. The molecule has 0 saturated carbocycles. The highest BCUT2D eigenvalue weighted by atomic mass is 19.1. The van der Waals surface area contributed by atoms with E-state index >= 15 is 0 Å². The zero-order chi connectivity index (χ0) is 26.1. The van der Waals surface area contributed by atoms with E-state index in [1.165, 1.54) is 16.7 Å². The number of pyridine rings is 1. The van der Waals surface area contributed by atoms with Gasteiger partial charge in [-0.3, -0.25) is 9.47 Å². The molecule has 37 heavy (non-hydrogen) atoms. The van der Waals surface area contributed by atoms with Crippen molar-refractivity contribution in [3.8, 4) is 6.07 Å². The van der Waals surface area contributed by atoms with Gasteiger partial charge >= 0.3 is 5.69 Å². The fourth-order valence-electron chi connectivity index (χ4n) is 5.27. The van der Waals surface area contributed by atoms with Crippen molar-refractivity contribution in [2.45, 2.75) is 44.8 Å². The highest BCUT2D eigenvalue weighted by Crippen LogP contribution is 2.36. The van der Waals surface area contributed by atoms with Crippen molar-refractivity contribution < 1.29 is 8.91 Å². The number of halogens is 1. The summed E-state index contributed by atoms with van der Waals surface area (Å²) in [6.07, 6.45) is 3.16. The second-order valence-electron chi connectivity index (χ2n) is 9.30. The van der Waals surface area contributed by atoms with Crippen LogP contribution in [0.4, 0.5) is 10.2 Å². The molecule has 1 aliphatic rings. The Morgan fingerprint density at radius 2 is 1.84 bits per heavy atom. The van der Waals surface area contributed by atoms with Gasteiger partial charge < -0.3 is 9.42 Å². The van der Waals surface area contributed by atoms with Crippen LogP contribution in [-0.4, -0.2) is 49.8 Å². The SMILES string of the molecule is CC[C@H]1CN(C(c2ccc(F)cc2)c2ccon2)[C@H](CC)CN1c1nc(=O)n(C)c2ccc(C#N)nc12. The number of hydrogen-bond acceptors (Lipinski definition) is 8. The first-order chi connectivity index (χ1) is 17.9. The van der Waals surface area contributed by atoms with Crippen LogP contribution in [0.15, 0.2) is 58.0 Å². The summed E-state index contributed by atoms with van der Waals surface area (Å²) in [4.78, 5) is 26.3. The minimum atomic E-state index is -0.369. The van der Waals surface area contributed by atoms with Gasteiger partial charge in [0.05, 0.1) is 11.6 Å². The molecule has 0 aliphatic carbocycles. The number of aromatic nitrogens is 4. The normalized spacial score (nSPS) is 19.2. The Morgan fingerprint density at radius 1 is 1.08 bits per heavy atom. The maximum absolute atomic E-state index is 13.8. The van der Waals surface area contributed by atoms with E-state index < -0.39 is 0 Å². The summed E-state index contributed by atoms with van der Waals surface area (Å²) in [5.74, 6) is 0.207. The quantitative estimate of drug-likeness (QED) is 0.393. The smallest absolute Gasteiger partial charge is 0.349 e. The zero-order valence-corrected chi connectivity index (χ0v) is 21.0. The van der Waals surface area contributed by atoms with Crippen LogP contribution >= 0.6 is 0 Å². The van der Waals surface area contributed by atoms with Crippen molar-refractivity contribution in [1.82, 2.24) is 24.6 Å². The zero-order valence-electron chi connectivity index (χ0n) is 21.0. The topological polar surface area (TPSA) is 104 Å². The molecular formula is C27H28FN7O2. The van der Waals surface area contributed by atoms with Gasteiger partial charge in [-0.05, 0) is 42.7 Å². The maximum atomic E-state index is 13.8. The van der Waals surface area contributed by atoms with E-state index in [0.717, 1.165) is 24.1 Å².